The van der Waals surface area contributed by atoms with Crippen molar-refractivity contribution in [3.8, 4) is 6.01 Å². The van der Waals surface area contributed by atoms with Crippen LogP contribution in [0.15, 0.2) is 40.9 Å². The third-order valence-corrected chi connectivity index (χ3v) is 11.0. The number of fused-ring (bicyclic) bond motifs is 3. The molecule has 8 heteroatoms. The number of allylic oxidation sites excluding steroid dienone is 3. The molecule has 228 valence electrons. The van der Waals surface area contributed by atoms with Gasteiger partial charge in [0.2, 0.25) is 0 Å². The Morgan fingerprint density at radius 1 is 1.07 bits per heavy atom. The van der Waals surface area contributed by atoms with Gasteiger partial charge in [0.05, 0.1) is 23.3 Å². The molecule has 0 amide bonds. The van der Waals surface area contributed by atoms with Crippen LogP contribution >= 0.6 is 11.8 Å². The van der Waals surface area contributed by atoms with Crippen molar-refractivity contribution in [2.24, 2.45) is 4.99 Å². The number of nitrogens with one attached hydrogen (secondary N) is 1. The summed E-state index contributed by atoms with van der Waals surface area (Å²) < 4.78 is 6.57. The third kappa shape index (κ3) is 6.23. The summed E-state index contributed by atoms with van der Waals surface area (Å²) in [5.74, 6) is 2.07. The van der Waals surface area contributed by atoms with E-state index in [0.29, 0.717) is 18.7 Å². The third-order valence-electron chi connectivity index (χ3n) is 10.2. The van der Waals surface area contributed by atoms with E-state index in [4.69, 9.17) is 14.7 Å². The van der Waals surface area contributed by atoms with E-state index in [0.717, 1.165) is 75.4 Å². The number of thioether (sulfide) groups is 1. The van der Waals surface area contributed by atoms with Gasteiger partial charge in [-0.3, -0.25) is 9.89 Å². The van der Waals surface area contributed by atoms with Crippen molar-refractivity contribution < 1.29 is 4.74 Å². The summed E-state index contributed by atoms with van der Waals surface area (Å²) >= 11 is 1.82. The fourth-order valence-corrected chi connectivity index (χ4v) is 8.53. The number of aromatic nitrogens is 2. The van der Waals surface area contributed by atoms with Crippen LogP contribution in [0.5, 0.6) is 6.01 Å². The molecule has 1 aliphatic carbocycles. The van der Waals surface area contributed by atoms with E-state index in [1.807, 2.05) is 17.3 Å². The summed E-state index contributed by atoms with van der Waals surface area (Å²) in [4.78, 5) is 20.0. The van der Waals surface area contributed by atoms with E-state index in [9.17, 15) is 0 Å². The zero-order chi connectivity index (χ0) is 29.1. The average molecular weight is 599 g/mol. The molecule has 7 rings (SSSR count). The maximum Gasteiger partial charge on any atom is 0.318 e. The summed E-state index contributed by atoms with van der Waals surface area (Å²) in [6.07, 6.45) is 18.1. The second-order valence-electron chi connectivity index (χ2n) is 12.9. The van der Waals surface area contributed by atoms with Crippen molar-refractivity contribution in [1.82, 2.24) is 14.9 Å². The molecule has 5 aliphatic rings. The molecule has 1 atom stereocenters. The quantitative estimate of drug-likeness (QED) is 0.382. The molecule has 7 nitrogen and oxygen atoms in total. The number of hydrogen-bond acceptors (Lipinski definition) is 8. The lowest BCUT2D eigenvalue weighted by atomic mass is 9.95. The number of benzene rings is 1. The van der Waals surface area contributed by atoms with Crippen LogP contribution < -0.4 is 15.0 Å². The zero-order valence-corrected chi connectivity index (χ0v) is 26.5. The first-order valence-corrected chi connectivity index (χ1v) is 17.6. The first-order chi connectivity index (χ1) is 21.2. The standard InChI is InChI=1S/C35H46N6OS/c1-2-26-8-3-9-27-10-4-12-32(30(27)22-26)40-20-13-29-31(23-40)38-34(42-24-35-15-6-18-41(35)19-7-16-35)39-33(29)37-28-11-5-17-36-25-43-21-14-28/h3-4,8-10,12,25,28H,2,5-7,11,13-24H2,1H3,(H,37,38,39). The molecule has 1 unspecified atom stereocenters. The van der Waals surface area contributed by atoms with Crippen molar-refractivity contribution in [2.75, 3.05) is 48.8 Å². The van der Waals surface area contributed by atoms with Crippen LogP contribution in [-0.2, 0) is 19.4 Å². The van der Waals surface area contributed by atoms with Gasteiger partial charge in [-0.15, -0.1) is 11.8 Å². The van der Waals surface area contributed by atoms with Crippen molar-refractivity contribution in [1.29, 1.82) is 0 Å². The second-order valence-corrected chi connectivity index (χ2v) is 13.8. The molecule has 5 heterocycles. The highest BCUT2D eigenvalue weighted by Crippen LogP contribution is 2.40. The Bertz CT molecular complexity index is 1380. The van der Waals surface area contributed by atoms with E-state index in [1.54, 1.807) is 0 Å². The molecule has 2 aromatic rings. The van der Waals surface area contributed by atoms with Gasteiger partial charge in [0.25, 0.3) is 0 Å². The van der Waals surface area contributed by atoms with E-state index >= 15 is 0 Å². The normalized spacial score (nSPS) is 23.3. The molecule has 43 heavy (non-hydrogen) atoms. The molecule has 1 aromatic heterocycles. The first kappa shape index (κ1) is 28.9. The Morgan fingerprint density at radius 3 is 2.86 bits per heavy atom. The monoisotopic (exact) mass is 598 g/mol. The predicted molar refractivity (Wildman–Crippen MR) is 180 cm³/mol. The van der Waals surface area contributed by atoms with Crippen molar-refractivity contribution in [3.05, 3.63) is 58.3 Å². The number of hydrogen-bond donors (Lipinski definition) is 1. The molecule has 0 spiro atoms. The summed E-state index contributed by atoms with van der Waals surface area (Å²) in [6.45, 7) is 7.99. The van der Waals surface area contributed by atoms with Crippen LogP contribution in [0.1, 0.15) is 80.7 Å². The number of anilines is 2. The smallest absolute Gasteiger partial charge is 0.318 e. The minimum Gasteiger partial charge on any atom is -0.461 e. The number of nitrogens with zero attached hydrogens (tertiary/aromatic N) is 5. The van der Waals surface area contributed by atoms with Gasteiger partial charge >= 0.3 is 6.01 Å². The Kier molecular flexibility index (Phi) is 8.76. The number of rotatable bonds is 7. The zero-order valence-electron chi connectivity index (χ0n) is 25.7. The maximum absolute atomic E-state index is 6.57. The highest BCUT2D eigenvalue weighted by molar-refractivity contribution is 8.12. The predicted octanol–water partition coefficient (Wildman–Crippen LogP) is 6.68. The topological polar surface area (TPSA) is 65.9 Å². The lowest BCUT2D eigenvalue weighted by molar-refractivity contribution is 0.107. The Hall–Kier alpha value is -2.84. The van der Waals surface area contributed by atoms with Crippen LogP contribution in [-0.4, -0.2) is 70.5 Å². The van der Waals surface area contributed by atoms with E-state index in [-0.39, 0.29) is 5.54 Å². The SMILES string of the molecule is CCC1=CC=Cc2cccc(N3CCc4c(nc(OCC56CCCN5CCC6)nc4NC4CCCN=CSCC4)C3)c2C1. The lowest BCUT2D eigenvalue weighted by Gasteiger charge is -2.34. The average Bonchev–Trinajstić information content (AvgIpc) is 3.57. The van der Waals surface area contributed by atoms with Crippen molar-refractivity contribution in [2.45, 2.75) is 89.3 Å². The van der Waals surface area contributed by atoms with Crippen LogP contribution in [0.3, 0.4) is 0 Å². The molecule has 2 saturated heterocycles. The first-order valence-electron chi connectivity index (χ1n) is 16.6. The van der Waals surface area contributed by atoms with E-state index < -0.39 is 0 Å². The molecular weight excluding hydrogens is 552 g/mol. The Labute approximate surface area is 261 Å². The van der Waals surface area contributed by atoms with E-state index in [1.165, 1.54) is 66.7 Å². The molecule has 2 fully saturated rings. The van der Waals surface area contributed by atoms with Crippen LogP contribution in [0, 0.1) is 0 Å². The summed E-state index contributed by atoms with van der Waals surface area (Å²) in [5.41, 5.74) is 10.2. The highest BCUT2D eigenvalue weighted by atomic mass is 32.2. The fraction of sp³-hybridized carbons (Fsp3) is 0.571. The largest absolute Gasteiger partial charge is 0.461 e. The molecular formula is C35H46N6OS. The van der Waals surface area contributed by atoms with Gasteiger partial charge < -0.3 is 15.0 Å². The van der Waals surface area contributed by atoms with Crippen molar-refractivity contribution in [3.63, 3.8) is 0 Å². The fourth-order valence-electron chi connectivity index (χ4n) is 7.79. The van der Waals surface area contributed by atoms with Gasteiger partial charge in [-0.25, -0.2) is 0 Å². The van der Waals surface area contributed by atoms with Gasteiger partial charge in [0.1, 0.15) is 12.4 Å². The van der Waals surface area contributed by atoms with Gasteiger partial charge in [-0.2, -0.15) is 9.97 Å². The van der Waals surface area contributed by atoms with Gasteiger partial charge in [0.15, 0.2) is 0 Å². The maximum atomic E-state index is 6.57. The number of ether oxygens (including phenoxy) is 1. The van der Waals surface area contributed by atoms with Crippen molar-refractivity contribution >= 4 is 34.9 Å². The van der Waals surface area contributed by atoms with Crippen LogP contribution in [0.2, 0.25) is 0 Å². The molecule has 1 aromatic carbocycles. The summed E-state index contributed by atoms with van der Waals surface area (Å²) in [6, 6.07) is 7.70. The number of aliphatic imine (C=N–C) groups is 1. The summed E-state index contributed by atoms with van der Waals surface area (Å²) in [7, 11) is 0. The van der Waals surface area contributed by atoms with Crippen LogP contribution in [0.25, 0.3) is 6.08 Å². The minimum absolute atomic E-state index is 0.174. The minimum atomic E-state index is 0.174. The van der Waals surface area contributed by atoms with Gasteiger partial charge in [0, 0.05) is 36.1 Å². The van der Waals surface area contributed by atoms with E-state index in [2.05, 4.69) is 63.5 Å². The van der Waals surface area contributed by atoms with Gasteiger partial charge in [-0.1, -0.05) is 42.9 Å². The Morgan fingerprint density at radius 2 is 1.98 bits per heavy atom. The second kappa shape index (κ2) is 13.0. The molecule has 4 aliphatic heterocycles. The summed E-state index contributed by atoms with van der Waals surface area (Å²) in [5, 5.41) is 3.90. The lowest BCUT2D eigenvalue weighted by Crippen LogP contribution is -2.43. The van der Waals surface area contributed by atoms with Crippen LogP contribution in [0.4, 0.5) is 11.5 Å². The highest BCUT2D eigenvalue weighted by Gasteiger charge is 2.45. The van der Waals surface area contributed by atoms with Gasteiger partial charge in [-0.05, 0) is 94.5 Å². The molecule has 1 N–H and O–H groups in total. The molecule has 0 bridgehead atoms. The molecule has 0 radical (unpaired) electrons. The Balaban J connectivity index is 1.18. The molecule has 0 saturated carbocycles.